The lowest BCUT2D eigenvalue weighted by atomic mass is 9.95. The SMILES string of the molecule is CCCCc1ncc(C(OC(C)=O)C(Cc2cccs2)C(=O)OC)n1Cc1ccc(C(=O)OC)cc1. The molecule has 36 heavy (non-hydrogen) atoms. The van der Waals surface area contributed by atoms with E-state index in [2.05, 4.69) is 11.9 Å². The Balaban J connectivity index is 2.04. The fourth-order valence-electron chi connectivity index (χ4n) is 4.06. The first-order valence-corrected chi connectivity index (χ1v) is 12.7. The summed E-state index contributed by atoms with van der Waals surface area (Å²) in [4.78, 5) is 42.6. The van der Waals surface area contributed by atoms with Gasteiger partial charge in [-0.25, -0.2) is 9.78 Å². The first kappa shape index (κ1) is 27.1. The van der Waals surface area contributed by atoms with Gasteiger partial charge in [-0.1, -0.05) is 31.5 Å². The number of aromatic nitrogens is 2. The first-order valence-electron chi connectivity index (χ1n) is 11.9. The van der Waals surface area contributed by atoms with Gasteiger partial charge in [-0.05, 0) is 42.0 Å². The minimum Gasteiger partial charge on any atom is -0.469 e. The van der Waals surface area contributed by atoms with Gasteiger partial charge in [0.25, 0.3) is 0 Å². The molecule has 8 nitrogen and oxygen atoms in total. The summed E-state index contributed by atoms with van der Waals surface area (Å²) >= 11 is 1.53. The van der Waals surface area contributed by atoms with Crippen LogP contribution in [0.3, 0.4) is 0 Å². The molecule has 0 spiro atoms. The normalized spacial score (nSPS) is 12.6. The van der Waals surface area contributed by atoms with Gasteiger partial charge in [0, 0.05) is 24.8 Å². The van der Waals surface area contributed by atoms with E-state index in [1.807, 2.05) is 34.2 Å². The maximum atomic E-state index is 12.9. The monoisotopic (exact) mass is 512 g/mol. The lowest BCUT2D eigenvalue weighted by Crippen LogP contribution is -2.30. The summed E-state index contributed by atoms with van der Waals surface area (Å²) in [6.07, 6.45) is 3.83. The van der Waals surface area contributed by atoms with Crippen LogP contribution in [0.4, 0.5) is 0 Å². The minimum atomic E-state index is -0.880. The van der Waals surface area contributed by atoms with E-state index >= 15 is 0 Å². The van der Waals surface area contributed by atoms with Gasteiger partial charge in [0.2, 0.25) is 0 Å². The third-order valence-electron chi connectivity index (χ3n) is 5.89. The number of imidazole rings is 1. The third kappa shape index (κ3) is 6.81. The fraction of sp³-hybridized carbons (Fsp3) is 0.407. The smallest absolute Gasteiger partial charge is 0.337 e. The highest BCUT2D eigenvalue weighted by Crippen LogP contribution is 2.33. The summed E-state index contributed by atoms with van der Waals surface area (Å²) in [7, 11) is 2.68. The van der Waals surface area contributed by atoms with Crippen molar-refractivity contribution >= 4 is 29.2 Å². The Morgan fingerprint density at radius 3 is 2.42 bits per heavy atom. The number of thiophene rings is 1. The van der Waals surface area contributed by atoms with Gasteiger partial charge >= 0.3 is 17.9 Å². The van der Waals surface area contributed by atoms with Crippen LogP contribution >= 0.6 is 11.3 Å². The molecule has 2 atom stereocenters. The highest BCUT2D eigenvalue weighted by atomic mass is 32.1. The van der Waals surface area contributed by atoms with Gasteiger partial charge in [0.1, 0.15) is 11.7 Å². The molecule has 0 radical (unpaired) electrons. The van der Waals surface area contributed by atoms with Gasteiger partial charge in [-0.3, -0.25) is 9.59 Å². The molecule has 0 saturated carbocycles. The topological polar surface area (TPSA) is 96.7 Å². The van der Waals surface area contributed by atoms with Gasteiger partial charge < -0.3 is 18.8 Å². The number of rotatable bonds is 12. The van der Waals surface area contributed by atoms with E-state index < -0.39 is 29.9 Å². The molecule has 0 saturated heterocycles. The number of carbonyl (C=O) groups is 3. The Kier molecular flexibility index (Phi) is 9.81. The standard InChI is InChI=1S/C27H32N2O6S/c1-5-6-9-24-28-16-23(29(24)17-19-10-12-20(13-11-19)26(31)33-3)25(35-18(2)30)22(27(32)34-4)15-21-8-7-14-36-21/h7-8,10-14,16,22,25H,5-6,9,15,17H2,1-4H3. The second-order valence-electron chi connectivity index (χ2n) is 8.42. The summed E-state index contributed by atoms with van der Waals surface area (Å²) in [5, 5.41) is 1.94. The molecule has 2 heterocycles. The molecular weight excluding hydrogens is 480 g/mol. The van der Waals surface area contributed by atoms with E-state index in [9.17, 15) is 14.4 Å². The predicted molar refractivity (Wildman–Crippen MR) is 136 cm³/mol. The fourth-order valence-corrected chi connectivity index (χ4v) is 4.82. The molecule has 0 bridgehead atoms. The van der Waals surface area contributed by atoms with Crippen molar-refractivity contribution < 1.29 is 28.6 Å². The zero-order valence-electron chi connectivity index (χ0n) is 21.1. The number of benzene rings is 1. The molecular formula is C27H32N2O6S. The second-order valence-corrected chi connectivity index (χ2v) is 9.45. The van der Waals surface area contributed by atoms with Crippen LogP contribution < -0.4 is 0 Å². The minimum absolute atomic E-state index is 0.367. The maximum Gasteiger partial charge on any atom is 0.337 e. The van der Waals surface area contributed by atoms with Crippen molar-refractivity contribution in [2.45, 2.75) is 52.2 Å². The predicted octanol–water partition coefficient (Wildman–Crippen LogP) is 4.76. The van der Waals surface area contributed by atoms with Gasteiger partial charge in [0.05, 0.1) is 31.7 Å². The average molecular weight is 513 g/mol. The van der Waals surface area contributed by atoms with Crippen molar-refractivity contribution in [1.29, 1.82) is 0 Å². The summed E-state index contributed by atoms with van der Waals surface area (Å²) in [6, 6.07) is 11.0. The zero-order valence-corrected chi connectivity index (χ0v) is 21.9. The quantitative estimate of drug-likeness (QED) is 0.255. The highest BCUT2D eigenvalue weighted by Gasteiger charge is 2.36. The molecule has 192 valence electrons. The van der Waals surface area contributed by atoms with E-state index in [1.54, 1.807) is 18.3 Å². The van der Waals surface area contributed by atoms with E-state index in [-0.39, 0.29) is 0 Å². The number of aryl methyl sites for hydroxylation is 1. The molecule has 0 N–H and O–H groups in total. The summed E-state index contributed by atoms with van der Waals surface area (Å²) in [5.74, 6) is -1.27. The van der Waals surface area contributed by atoms with Gasteiger partial charge in [-0.15, -0.1) is 11.3 Å². The summed E-state index contributed by atoms with van der Waals surface area (Å²) in [5.41, 5.74) is 2.01. The number of hydrogen-bond donors (Lipinski definition) is 0. The van der Waals surface area contributed by atoms with Crippen molar-refractivity contribution in [1.82, 2.24) is 9.55 Å². The van der Waals surface area contributed by atoms with Crippen LogP contribution in [0.1, 0.15) is 65.1 Å². The molecule has 0 aliphatic carbocycles. The third-order valence-corrected chi connectivity index (χ3v) is 6.79. The van der Waals surface area contributed by atoms with Crippen LogP contribution in [0.15, 0.2) is 48.0 Å². The number of methoxy groups -OCH3 is 2. The van der Waals surface area contributed by atoms with Crippen LogP contribution in [0.2, 0.25) is 0 Å². The molecule has 0 aliphatic rings. The molecule has 9 heteroatoms. The summed E-state index contributed by atoms with van der Waals surface area (Å²) in [6.45, 7) is 3.87. The van der Waals surface area contributed by atoms with Crippen LogP contribution in [-0.2, 0) is 43.2 Å². The largest absolute Gasteiger partial charge is 0.469 e. The lowest BCUT2D eigenvalue weighted by molar-refractivity contribution is -0.160. The van der Waals surface area contributed by atoms with Gasteiger partial charge in [0.15, 0.2) is 6.10 Å². The van der Waals surface area contributed by atoms with Crippen LogP contribution in [0, 0.1) is 5.92 Å². The molecule has 3 aromatic rings. The molecule has 0 aliphatic heterocycles. The Morgan fingerprint density at radius 1 is 1.08 bits per heavy atom. The number of nitrogens with zero attached hydrogens (tertiary/aromatic N) is 2. The molecule has 0 fully saturated rings. The molecule has 0 amide bonds. The Morgan fingerprint density at radius 2 is 1.83 bits per heavy atom. The van der Waals surface area contributed by atoms with Crippen LogP contribution in [0.25, 0.3) is 0 Å². The van der Waals surface area contributed by atoms with Crippen molar-refractivity contribution in [3.63, 3.8) is 0 Å². The van der Waals surface area contributed by atoms with E-state index in [4.69, 9.17) is 14.2 Å². The van der Waals surface area contributed by atoms with Crippen molar-refractivity contribution in [3.8, 4) is 0 Å². The Hall–Kier alpha value is -3.46. The van der Waals surface area contributed by atoms with Crippen molar-refractivity contribution in [2.24, 2.45) is 5.92 Å². The van der Waals surface area contributed by atoms with E-state index in [0.717, 1.165) is 35.5 Å². The zero-order chi connectivity index (χ0) is 26.1. The van der Waals surface area contributed by atoms with Gasteiger partial charge in [-0.2, -0.15) is 0 Å². The second kappa shape index (κ2) is 13.0. The van der Waals surface area contributed by atoms with Crippen molar-refractivity contribution in [2.75, 3.05) is 14.2 Å². The average Bonchev–Trinajstić information content (AvgIpc) is 3.54. The molecule has 2 unspecified atom stereocenters. The highest BCUT2D eigenvalue weighted by molar-refractivity contribution is 7.09. The van der Waals surface area contributed by atoms with Crippen LogP contribution in [0.5, 0.6) is 0 Å². The molecule has 1 aromatic carbocycles. The number of unbranched alkanes of at least 4 members (excludes halogenated alkanes) is 1. The number of ether oxygens (including phenoxy) is 3. The Bertz CT molecular complexity index is 1150. The Labute approximate surface area is 215 Å². The molecule has 2 aromatic heterocycles. The van der Waals surface area contributed by atoms with Crippen LogP contribution in [-0.4, -0.2) is 41.7 Å². The van der Waals surface area contributed by atoms with E-state index in [0.29, 0.717) is 24.2 Å². The number of hydrogen-bond acceptors (Lipinski definition) is 8. The molecule has 3 rings (SSSR count). The lowest BCUT2D eigenvalue weighted by Gasteiger charge is -2.26. The first-order chi connectivity index (χ1) is 17.4. The number of carbonyl (C=O) groups excluding carboxylic acids is 3. The summed E-state index contributed by atoms with van der Waals surface area (Å²) < 4.78 is 17.7. The maximum absolute atomic E-state index is 12.9. The number of esters is 3. The van der Waals surface area contributed by atoms with Crippen molar-refractivity contribution in [3.05, 3.63) is 75.5 Å². The van der Waals surface area contributed by atoms with E-state index in [1.165, 1.54) is 32.5 Å².